The number of nitrogens with zero attached hydrogens (tertiary/aromatic N) is 1. The quantitative estimate of drug-likeness (QED) is 0.508. The standard InChI is InChI=1S/C16H24N2O3/c1-16(2)9-4-5-12(8-10-16)17-14-7-6-13(18(19)20)11-15(14)21-3/h6-7,11-12,17H,4-5,8-10H2,1-3H3. The van der Waals surface area contributed by atoms with E-state index in [-0.39, 0.29) is 5.69 Å². The van der Waals surface area contributed by atoms with Crippen LogP contribution in [-0.4, -0.2) is 18.1 Å². The summed E-state index contributed by atoms with van der Waals surface area (Å²) in [5, 5.41) is 14.3. The summed E-state index contributed by atoms with van der Waals surface area (Å²) >= 11 is 0. The Labute approximate surface area is 125 Å². The lowest BCUT2D eigenvalue weighted by Gasteiger charge is -2.23. The number of nitrogens with one attached hydrogen (secondary N) is 1. The second kappa shape index (κ2) is 6.33. The first kappa shape index (κ1) is 15.6. The van der Waals surface area contributed by atoms with E-state index in [4.69, 9.17) is 4.74 Å². The molecular weight excluding hydrogens is 268 g/mol. The van der Waals surface area contributed by atoms with Gasteiger partial charge in [0.05, 0.1) is 23.8 Å². The molecule has 1 N–H and O–H groups in total. The molecule has 2 rings (SSSR count). The summed E-state index contributed by atoms with van der Waals surface area (Å²) in [5.41, 5.74) is 1.31. The Kier molecular flexibility index (Phi) is 4.70. The van der Waals surface area contributed by atoms with Crippen molar-refractivity contribution < 1.29 is 9.66 Å². The number of nitro benzene ring substituents is 1. The molecule has 0 bridgehead atoms. The Balaban J connectivity index is 2.10. The fraction of sp³-hybridized carbons (Fsp3) is 0.625. The minimum absolute atomic E-state index is 0.0550. The van der Waals surface area contributed by atoms with Gasteiger partial charge in [0.15, 0.2) is 0 Å². The van der Waals surface area contributed by atoms with E-state index in [9.17, 15) is 10.1 Å². The van der Waals surface area contributed by atoms with Crippen molar-refractivity contribution in [1.82, 2.24) is 0 Å². The molecule has 0 spiro atoms. The minimum atomic E-state index is -0.402. The van der Waals surface area contributed by atoms with E-state index in [1.165, 1.54) is 31.4 Å². The fourth-order valence-corrected chi connectivity index (χ4v) is 2.94. The van der Waals surface area contributed by atoms with Gasteiger partial charge < -0.3 is 10.1 Å². The van der Waals surface area contributed by atoms with Gasteiger partial charge in [0.25, 0.3) is 5.69 Å². The highest BCUT2D eigenvalue weighted by atomic mass is 16.6. The van der Waals surface area contributed by atoms with Gasteiger partial charge in [-0.05, 0) is 37.2 Å². The average Bonchev–Trinajstić information content (AvgIpc) is 2.60. The first-order chi connectivity index (χ1) is 9.91. The van der Waals surface area contributed by atoms with Gasteiger partial charge in [-0.3, -0.25) is 10.1 Å². The van der Waals surface area contributed by atoms with E-state index in [2.05, 4.69) is 19.2 Å². The van der Waals surface area contributed by atoms with Gasteiger partial charge in [-0.25, -0.2) is 0 Å². The third kappa shape index (κ3) is 4.09. The zero-order chi connectivity index (χ0) is 15.5. The van der Waals surface area contributed by atoms with Crippen LogP contribution in [0, 0.1) is 15.5 Å². The molecule has 1 atom stereocenters. The maximum Gasteiger partial charge on any atom is 0.273 e. The van der Waals surface area contributed by atoms with Crippen molar-refractivity contribution in [3.8, 4) is 5.75 Å². The number of methoxy groups -OCH3 is 1. The lowest BCUT2D eigenvalue weighted by atomic mass is 9.85. The molecule has 0 aromatic heterocycles. The topological polar surface area (TPSA) is 64.4 Å². The predicted octanol–water partition coefficient (Wildman–Crippen LogP) is 4.37. The Morgan fingerprint density at radius 1 is 1.33 bits per heavy atom. The van der Waals surface area contributed by atoms with Gasteiger partial charge in [-0.1, -0.05) is 20.3 Å². The number of benzene rings is 1. The van der Waals surface area contributed by atoms with Crippen molar-refractivity contribution in [2.45, 2.75) is 52.0 Å². The Morgan fingerprint density at radius 3 is 2.76 bits per heavy atom. The van der Waals surface area contributed by atoms with Crippen LogP contribution < -0.4 is 10.1 Å². The largest absolute Gasteiger partial charge is 0.494 e. The summed E-state index contributed by atoms with van der Waals surface area (Å²) in [6.45, 7) is 4.64. The van der Waals surface area contributed by atoms with E-state index >= 15 is 0 Å². The zero-order valence-corrected chi connectivity index (χ0v) is 13.0. The number of hydrogen-bond donors (Lipinski definition) is 1. The molecule has 1 aromatic carbocycles. The van der Waals surface area contributed by atoms with Gasteiger partial charge in [0.1, 0.15) is 5.75 Å². The Morgan fingerprint density at radius 2 is 2.10 bits per heavy atom. The lowest BCUT2D eigenvalue weighted by molar-refractivity contribution is -0.384. The molecule has 1 fully saturated rings. The van der Waals surface area contributed by atoms with Gasteiger partial charge in [-0.15, -0.1) is 0 Å². The molecule has 0 amide bonds. The first-order valence-electron chi connectivity index (χ1n) is 7.50. The highest BCUT2D eigenvalue weighted by Gasteiger charge is 2.25. The van der Waals surface area contributed by atoms with E-state index in [1.54, 1.807) is 13.2 Å². The highest BCUT2D eigenvalue weighted by molar-refractivity contribution is 5.61. The van der Waals surface area contributed by atoms with Crippen LogP contribution in [0.15, 0.2) is 18.2 Å². The van der Waals surface area contributed by atoms with Crippen molar-refractivity contribution in [2.24, 2.45) is 5.41 Å². The maximum absolute atomic E-state index is 10.8. The van der Waals surface area contributed by atoms with Crippen LogP contribution in [-0.2, 0) is 0 Å². The summed E-state index contributed by atoms with van der Waals surface area (Å²) < 4.78 is 5.28. The molecular formula is C16H24N2O3. The number of rotatable bonds is 4. The minimum Gasteiger partial charge on any atom is -0.494 e. The third-order valence-corrected chi connectivity index (χ3v) is 4.33. The highest BCUT2D eigenvalue weighted by Crippen LogP contribution is 2.36. The van der Waals surface area contributed by atoms with Crippen LogP contribution in [0.3, 0.4) is 0 Å². The average molecular weight is 292 g/mol. The summed E-state index contributed by atoms with van der Waals surface area (Å²) in [5.74, 6) is 0.535. The van der Waals surface area contributed by atoms with Crippen LogP contribution >= 0.6 is 0 Å². The van der Waals surface area contributed by atoms with Crippen molar-refractivity contribution in [3.63, 3.8) is 0 Å². The fourth-order valence-electron chi connectivity index (χ4n) is 2.94. The summed E-state index contributed by atoms with van der Waals surface area (Å²) in [7, 11) is 1.54. The van der Waals surface area contributed by atoms with E-state index in [0.717, 1.165) is 18.5 Å². The molecule has 0 radical (unpaired) electrons. The summed E-state index contributed by atoms with van der Waals surface area (Å²) in [6.07, 6.45) is 5.90. The van der Waals surface area contributed by atoms with E-state index in [0.29, 0.717) is 17.2 Å². The van der Waals surface area contributed by atoms with Crippen molar-refractivity contribution >= 4 is 11.4 Å². The molecule has 1 saturated carbocycles. The molecule has 21 heavy (non-hydrogen) atoms. The van der Waals surface area contributed by atoms with Gasteiger partial charge in [0.2, 0.25) is 0 Å². The van der Waals surface area contributed by atoms with Crippen LogP contribution in [0.1, 0.15) is 46.0 Å². The number of anilines is 1. The molecule has 0 saturated heterocycles. The van der Waals surface area contributed by atoms with E-state index in [1.807, 2.05) is 0 Å². The molecule has 1 aliphatic rings. The predicted molar refractivity (Wildman–Crippen MR) is 83.9 cm³/mol. The number of ether oxygens (including phenoxy) is 1. The van der Waals surface area contributed by atoms with Crippen molar-refractivity contribution in [2.75, 3.05) is 12.4 Å². The van der Waals surface area contributed by atoms with Crippen LogP contribution in [0.25, 0.3) is 0 Å². The van der Waals surface area contributed by atoms with Crippen molar-refractivity contribution in [3.05, 3.63) is 28.3 Å². The van der Waals surface area contributed by atoms with Crippen LogP contribution in [0.4, 0.5) is 11.4 Å². The third-order valence-electron chi connectivity index (χ3n) is 4.33. The smallest absolute Gasteiger partial charge is 0.273 e. The van der Waals surface area contributed by atoms with Gasteiger partial charge >= 0.3 is 0 Å². The zero-order valence-electron chi connectivity index (χ0n) is 13.0. The summed E-state index contributed by atoms with van der Waals surface area (Å²) in [4.78, 5) is 10.4. The molecule has 5 nitrogen and oxygen atoms in total. The lowest BCUT2D eigenvalue weighted by Crippen LogP contribution is -2.19. The normalized spacial score (nSPS) is 21.4. The second-order valence-corrected chi connectivity index (χ2v) is 6.58. The van der Waals surface area contributed by atoms with Crippen LogP contribution in [0.5, 0.6) is 5.75 Å². The van der Waals surface area contributed by atoms with Crippen molar-refractivity contribution in [1.29, 1.82) is 0 Å². The first-order valence-corrected chi connectivity index (χ1v) is 7.50. The number of hydrogen-bond acceptors (Lipinski definition) is 4. The van der Waals surface area contributed by atoms with Gasteiger partial charge in [-0.2, -0.15) is 0 Å². The molecule has 1 unspecified atom stereocenters. The van der Waals surface area contributed by atoms with Crippen LogP contribution in [0.2, 0.25) is 0 Å². The Bertz CT molecular complexity index is 514. The monoisotopic (exact) mass is 292 g/mol. The number of nitro groups is 1. The van der Waals surface area contributed by atoms with Gasteiger partial charge in [0, 0.05) is 12.1 Å². The van der Waals surface area contributed by atoms with E-state index < -0.39 is 4.92 Å². The molecule has 0 aliphatic heterocycles. The molecule has 1 aromatic rings. The maximum atomic E-state index is 10.8. The summed E-state index contributed by atoms with van der Waals surface area (Å²) in [6, 6.07) is 5.14. The molecule has 116 valence electrons. The second-order valence-electron chi connectivity index (χ2n) is 6.58. The molecule has 1 aliphatic carbocycles. The SMILES string of the molecule is COc1cc([N+](=O)[O-])ccc1NC1CCCC(C)(C)CC1. The number of non-ortho nitro benzene ring substituents is 1. The molecule has 5 heteroatoms. The molecule has 0 heterocycles. The Hall–Kier alpha value is -1.78.